The second-order valence-corrected chi connectivity index (χ2v) is 15.7. The van der Waals surface area contributed by atoms with Crippen molar-refractivity contribution in [3.63, 3.8) is 0 Å². The molecule has 0 unspecified atom stereocenters. The van der Waals surface area contributed by atoms with E-state index in [1.165, 1.54) is 0 Å². The molecule has 2 N–H and O–H groups in total. The number of fused-ring (bicyclic) bond motifs is 1. The number of nitrogens with one attached hydrogen (secondary N) is 1. The number of aliphatic hydroxyl groups is 1. The molecule has 0 spiro atoms. The minimum atomic E-state index is -4.07. The molecule has 0 fully saturated rings. The summed E-state index contributed by atoms with van der Waals surface area (Å²) in [6.45, 7) is 14.0. The molecule has 1 aromatic heterocycles. The van der Waals surface area contributed by atoms with Crippen LogP contribution in [0.15, 0.2) is 114 Å². The van der Waals surface area contributed by atoms with Crippen LogP contribution in [0.1, 0.15) is 75.1 Å². The Labute approximate surface area is 267 Å². The first-order chi connectivity index (χ1) is 21.1. The second kappa shape index (κ2) is 11.9. The maximum Gasteiger partial charge on any atom is 0.206 e. The fourth-order valence-corrected chi connectivity index (χ4v) is 7.13. The Hall–Kier alpha value is -4.37. The fraction of sp³-hybridized carbons (Fsp3) is 0.250. The lowest BCUT2D eigenvalue weighted by atomic mass is 9.81. The topological polar surface area (TPSA) is 70.2 Å². The third kappa shape index (κ3) is 6.68. The van der Waals surface area contributed by atoms with Crippen LogP contribution in [0.3, 0.4) is 0 Å². The van der Waals surface area contributed by atoms with Gasteiger partial charge in [0.25, 0.3) is 0 Å². The van der Waals surface area contributed by atoms with Gasteiger partial charge in [-0.1, -0.05) is 117 Å². The molecule has 230 valence electrons. The number of allylic oxidation sites excluding steroid dienone is 1. The maximum absolute atomic E-state index is 14.8. The Bertz CT molecular complexity index is 1990. The zero-order chi connectivity index (χ0) is 32.6. The van der Waals surface area contributed by atoms with Gasteiger partial charge in [-0.3, -0.25) is 0 Å². The third-order valence-corrected chi connectivity index (χ3v) is 9.35. The molecule has 1 heterocycles. The minimum Gasteiger partial charge on any atom is -0.375 e. The molecule has 0 saturated carbocycles. The summed E-state index contributed by atoms with van der Waals surface area (Å²) >= 11 is 0. The smallest absolute Gasteiger partial charge is 0.206 e. The molecule has 0 bridgehead atoms. The number of H-pyrrole nitrogens is 1. The zero-order valence-electron chi connectivity index (χ0n) is 27.1. The average molecular weight is 616 g/mol. The molecule has 4 aromatic carbocycles. The van der Waals surface area contributed by atoms with Crippen LogP contribution in [0.2, 0.25) is 0 Å². The molecule has 5 heteroatoms. The molecule has 5 aromatic rings. The van der Waals surface area contributed by atoms with Crippen LogP contribution in [-0.4, -0.2) is 18.5 Å². The van der Waals surface area contributed by atoms with E-state index in [0.717, 1.165) is 11.1 Å². The quantitative estimate of drug-likeness (QED) is 0.187. The Morgan fingerprint density at radius 3 is 1.84 bits per heavy atom. The van der Waals surface area contributed by atoms with E-state index in [2.05, 4.69) is 37.6 Å². The van der Waals surface area contributed by atoms with Crippen molar-refractivity contribution in [1.82, 2.24) is 4.98 Å². The number of hydrogen-bond acceptors (Lipinski definition) is 3. The van der Waals surface area contributed by atoms with E-state index in [4.69, 9.17) is 0 Å². The summed E-state index contributed by atoms with van der Waals surface area (Å²) in [4.78, 5) is 3.82. The van der Waals surface area contributed by atoms with E-state index in [1.54, 1.807) is 18.2 Å². The van der Waals surface area contributed by atoms with E-state index in [-0.39, 0.29) is 15.2 Å². The molecular formula is C40H41NO3S. The lowest BCUT2D eigenvalue weighted by molar-refractivity contribution is 0.121. The Kier molecular flexibility index (Phi) is 8.44. The SMILES string of the molecule is Cc1ccc(S(=O)(=O)/C(=C/C(C)(C)C)c2c(C(O)(c3ccccc3)c3ccccc3)[nH]c3ccc(C#CC(C)(C)C)cc23)cc1. The van der Waals surface area contributed by atoms with E-state index in [9.17, 15) is 13.5 Å². The zero-order valence-corrected chi connectivity index (χ0v) is 27.9. The van der Waals surface area contributed by atoms with Gasteiger partial charge in [0.2, 0.25) is 9.84 Å². The van der Waals surface area contributed by atoms with Gasteiger partial charge in [-0.05, 0) is 74.6 Å². The number of aryl methyl sites for hydroxylation is 1. The molecule has 45 heavy (non-hydrogen) atoms. The van der Waals surface area contributed by atoms with Gasteiger partial charge in [-0.15, -0.1) is 0 Å². The number of benzene rings is 4. The Balaban J connectivity index is 1.96. The summed E-state index contributed by atoms with van der Waals surface area (Å²) in [5.41, 5.74) is 2.00. The van der Waals surface area contributed by atoms with Gasteiger partial charge >= 0.3 is 0 Å². The van der Waals surface area contributed by atoms with Crippen LogP contribution in [0.25, 0.3) is 15.8 Å². The summed E-state index contributed by atoms with van der Waals surface area (Å²) < 4.78 is 29.5. The monoisotopic (exact) mass is 615 g/mol. The van der Waals surface area contributed by atoms with Crippen molar-refractivity contribution in [2.75, 3.05) is 0 Å². The predicted octanol–water partition coefficient (Wildman–Crippen LogP) is 9.02. The van der Waals surface area contributed by atoms with Crippen molar-refractivity contribution < 1.29 is 13.5 Å². The minimum absolute atomic E-state index is 0.131. The first kappa shape index (κ1) is 32.0. The highest BCUT2D eigenvalue weighted by Crippen LogP contribution is 2.46. The first-order valence-electron chi connectivity index (χ1n) is 15.2. The summed E-state index contributed by atoms with van der Waals surface area (Å²) in [5, 5.41) is 13.7. The van der Waals surface area contributed by atoms with Gasteiger partial charge in [0.1, 0.15) is 0 Å². The molecule has 0 aliphatic rings. The Morgan fingerprint density at radius 1 is 0.778 bits per heavy atom. The molecule has 4 nitrogen and oxygen atoms in total. The van der Waals surface area contributed by atoms with Gasteiger partial charge in [0, 0.05) is 27.4 Å². The first-order valence-corrected chi connectivity index (χ1v) is 16.7. The van der Waals surface area contributed by atoms with Crippen molar-refractivity contribution in [3.05, 3.63) is 143 Å². The third-order valence-electron chi connectivity index (χ3n) is 7.56. The number of sulfone groups is 1. The van der Waals surface area contributed by atoms with Crippen molar-refractivity contribution >= 4 is 25.6 Å². The van der Waals surface area contributed by atoms with Gasteiger partial charge in [-0.25, -0.2) is 8.42 Å². The highest BCUT2D eigenvalue weighted by atomic mass is 32.2. The van der Waals surface area contributed by atoms with Crippen LogP contribution < -0.4 is 0 Å². The van der Waals surface area contributed by atoms with E-state index in [1.807, 2.05) is 119 Å². The van der Waals surface area contributed by atoms with E-state index >= 15 is 0 Å². The molecule has 0 amide bonds. The Morgan fingerprint density at radius 2 is 1.33 bits per heavy atom. The van der Waals surface area contributed by atoms with Crippen LogP contribution in [0, 0.1) is 29.6 Å². The second-order valence-electron chi connectivity index (χ2n) is 13.8. The molecule has 0 aliphatic heterocycles. The van der Waals surface area contributed by atoms with E-state index < -0.39 is 20.9 Å². The molecular weight excluding hydrogens is 575 g/mol. The summed E-state index contributed by atoms with van der Waals surface area (Å²) in [7, 11) is -4.07. The predicted molar refractivity (Wildman–Crippen MR) is 185 cm³/mol. The van der Waals surface area contributed by atoms with Gasteiger partial charge in [-0.2, -0.15) is 0 Å². The summed E-state index contributed by atoms with van der Waals surface area (Å²) in [5.74, 6) is 6.58. The highest BCUT2D eigenvalue weighted by molar-refractivity contribution is 8.00. The van der Waals surface area contributed by atoms with Crippen LogP contribution in [0.5, 0.6) is 0 Å². The molecule has 0 aliphatic carbocycles. The summed E-state index contributed by atoms with van der Waals surface area (Å²) in [6.07, 6.45) is 1.80. The van der Waals surface area contributed by atoms with E-state index in [0.29, 0.717) is 33.3 Å². The van der Waals surface area contributed by atoms with Gasteiger partial charge in [0.05, 0.1) is 15.5 Å². The molecule has 0 radical (unpaired) electrons. The van der Waals surface area contributed by atoms with Crippen molar-refractivity contribution in [2.45, 2.75) is 59.0 Å². The number of aromatic amines is 1. The van der Waals surface area contributed by atoms with Crippen molar-refractivity contribution in [1.29, 1.82) is 0 Å². The molecule has 0 saturated heterocycles. The van der Waals surface area contributed by atoms with Crippen molar-refractivity contribution in [3.8, 4) is 11.8 Å². The lowest BCUT2D eigenvalue weighted by Crippen LogP contribution is -2.31. The van der Waals surface area contributed by atoms with Crippen LogP contribution >= 0.6 is 0 Å². The molecule has 0 atom stereocenters. The maximum atomic E-state index is 14.8. The average Bonchev–Trinajstić information content (AvgIpc) is 3.37. The van der Waals surface area contributed by atoms with Crippen LogP contribution in [-0.2, 0) is 15.4 Å². The summed E-state index contributed by atoms with van der Waals surface area (Å²) in [6, 6.07) is 31.4. The number of rotatable bonds is 6. The van der Waals surface area contributed by atoms with Crippen molar-refractivity contribution in [2.24, 2.45) is 10.8 Å². The fourth-order valence-electron chi connectivity index (χ4n) is 5.39. The number of hydrogen-bond donors (Lipinski definition) is 2. The van der Waals surface area contributed by atoms with Crippen LogP contribution in [0.4, 0.5) is 0 Å². The van der Waals surface area contributed by atoms with Gasteiger partial charge in [0.15, 0.2) is 5.60 Å². The van der Waals surface area contributed by atoms with Gasteiger partial charge < -0.3 is 10.1 Å². The normalized spacial score (nSPS) is 13.0. The highest BCUT2D eigenvalue weighted by Gasteiger charge is 2.41. The number of aromatic nitrogens is 1. The lowest BCUT2D eigenvalue weighted by Gasteiger charge is -2.31. The molecule has 5 rings (SSSR count). The largest absolute Gasteiger partial charge is 0.375 e. The standard InChI is InChI=1S/C40H41NO3S/c1-28-18-21-32(22-19-28)45(43,44)35(27-39(5,6)7)36-33-26-29(24-25-38(2,3)4)20-23-34(33)41-37(36)40(42,30-14-10-8-11-15-30)31-16-12-9-13-17-31/h8-23,26-27,41-42H,1-7H3/b35-27+.